The fourth-order valence-electron chi connectivity index (χ4n) is 3.33. The monoisotopic (exact) mass is 324 g/mol. The number of nitrogens with two attached hydrogens (primary N) is 1. The smallest absolute Gasteiger partial charge is 0.119 e. The van der Waals surface area contributed by atoms with Gasteiger partial charge in [0.15, 0.2) is 0 Å². The van der Waals surface area contributed by atoms with Crippen LogP contribution in [0.2, 0.25) is 0 Å². The Kier molecular flexibility index (Phi) is 5.76. The summed E-state index contributed by atoms with van der Waals surface area (Å²) in [5.41, 5.74) is 9.28. The summed E-state index contributed by atoms with van der Waals surface area (Å²) in [4.78, 5) is 2.52. The standard InChI is InChI=1S/C21H28N2O/c1-17-2-4-18(5-3-17)16-19-10-12-23(13-11-19)14-15-24-21-8-6-20(22)7-9-21/h2-9,19H,10-16,22H2,1H3. The van der Waals surface area contributed by atoms with Crippen molar-refractivity contribution in [1.29, 1.82) is 0 Å². The SMILES string of the molecule is Cc1ccc(CC2CCN(CCOc3ccc(N)cc3)CC2)cc1. The molecule has 1 fully saturated rings. The molecular weight excluding hydrogens is 296 g/mol. The Morgan fingerprint density at radius 3 is 2.33 bits per heavy atom. The van der Waals surface area contributed by atoms with E-state index in [1.807, 2.05) is 24.3 Å². The third-order valence-corrected chi connectivity index (χ3v) is 4.91. The average Bonchev–Trinajstić information content (AvgIpc) is 2.60. The summed E-state index contributed by atoms with van der Waals surface area (Å²) >= 11 is 0. The minimum absolute atomic E-state index is 0.743. The molecule has 0 bridgehead atoms. The van der Waals surface area contributed by atoms with Crippen LogP contribution in [0, 0.1) is 12.8 Å². The zero-order valence-electron chi connectivity index (χ0n) is 14.6. The number of nitrogen functional groups attached to an aromatic ring is 1. The summed E-state index contributed by atoms with van der Waals surface area (Å²) in [5, 5.41) is 0. The molecule has 3 rings (SSSR count). The van der Waals surface area contributed by atoms with Gasteiger partial charge in [0.1, 0.15) is 12.4 Å². The van der Waals surface area contributed by atoms with Gasteiger partial charge in [0.2, 0.25) is 0 Å². The first-order chi connectivity index (χ1) is 11.7. The summed E-state index contributed by atoms with van der Waals surface area (Å²) in [6, 6.07) is 16.6. The normalized spacial score (nSPS) is 16.2. The van der Waals surface area contributed by atoms with Crippen molar-refractivity contribution in [3.63, 3.8) is 0 Å². The van der Waals surface area contributed by atoms with Gasteiger partial charge in [0.05, 0.1) is 0 Å². The maximum atomic E-state index is 5.80. The Labute approximate surface area is 145 Å². The molecule has 24 heavy (non-hydrogen) atoms. The van der Waals surface area contributed by atoms with E-state index < -0.39 is 0 Å². The predicted molar refractivity (Wildman–Crippen MR) is 100 cm³/mol. The largest absolute Gasteiger partial charge is 0.492 e. The van der Waals surface area contributed by atoms with Crippen LogP contribution in [0.5, 0.6) is 5.75 Å². The van der Waals surface area contributed by atoms with Gasteiger partial charge in [-0.05, 0) is 75.0 Å². The van der Waals surface area contributed by atoms with Gasteiger partial charge in [-0.1, -0.05) is 29.8 Å². The highest BCUT2D eigenvalue weighted by atomic mass is 16.5. The number of aryl methyl sites for hydroxylation is 1. The van der Waals surface area contributed by atoms with E-state index in [-0.39, 0.29) is 0 Å². The lowest BCUT2D eigenvalue weighted by Gasteiger charge is -2.31. The molecule has 0 unspecified atom stereocenters. The lowest BCUT2D eigenvalue weighted by molar-refractivity contribution is 0.155. The minimum atomic E-state index is 0.743. The third kappa shape index (κ3) is 5.00. The highest BCUT2D eigenvalue weighted by Gasteiger charge is 2.19. The highest BCUT2D eigenvalue weighted by molar-refractivity contribution is 5.41. The minimum Gasteiger partial charge on any atom is -0.492 e. The molecule has 3 heteroatoms. The number of piperidine rings is 1. The Hall–Kier alpha value is -2.00. The van der Waals surface area contributed by atoms with Gasteiger partial charge in [-0.15, -0.1) is 0 Å². The summed E-state index contributed by atoms with van der Waals surface area (Å²) in [7, 11) is 0. The topological polar surface area (TPSA) is 38.5 Å². The van der Waals surface area contributed by atoms with Gasteiger partial charge < -0.3 is 10.5 Å². The van der Waals surface area contributed by atoms with Crippen molar-refractivity contribution in [3.8, 4) is 5.75 Å². The summed E-state index contributed by atoms with van der Waals surface area (Å²) in [6.45, 7) is 6.26. The average molecular weight is 324 g/mol. The first kappa shape index (κ1) is 16.8. The Morgan fingerprint density at radius 2 is 1.67 bits per heavy atom. The number of rotatable bonds is 6. The number of nitrogens with zero attached hydrogens (tertiary/aromatic N) is 1. The molecule has 0 spiro atoms. The zero-order valence-corrected chi connectivity index (χ0v) is 14.6. The van der Waals surface area contributed by atoms with Gasteiger partial charge in [0, 0.05) is 12.2 Å². The van der Waals surface area contributed by atoms with Gasteiger partial charge >= 0.3 is 0 Å². The molecule has 1 heterocycles. The van der Waals surface area contributed by atoms with Crippen LogP contribution >= 0.6 is 0 Å². The molecule has 0 amide bonds. The van der Waals surface area contributed by atoms with E-state index in [0.29, 0.717) is 0 Å². The predicted octanol–water partition coefficient (Wildman–Crippen LogP) is 3.91. The summed E-state index contributed by atoms with van der Waals surface area (Å²) in [6.07, 6.45) is 3.79. The number of hydrogen-bond acceptors (Lipinski definition) is 3. The Morgan fingerprint density at radius 1 is 1.00 bits per heavy atom. The molecule has 1 saturated heterocycles. The molecule has 2 aromatic rings. The fraction of sp³-hybridized carbons (Fsp3) is 0.429. The van der Waals surface area contributed by atoms with Crippen LogP contribution in [0.4, 0.5) is 5.69 Å². The van der Waals surface area contributed by atoms with Crippen molar-refractivity contribution in [2.24, 2.45) is 5.92 Å². The Bertz CT molecular complexity index is 613. The second-order valence-corrected chi connectivity index (χ2v) is 6.89. The summed E-state index contributed by atoms with van der Waals surface area (Å²) in [5.74, 6) is 1.72. The van der Waals surface area contributed by atoms with Gasteiger partial charge in [0.25, 0.3) is 0 Å². The first-order valence-corrected chi connectivity index (χ1v) is 8.95. The van der Waals surface area contributed by atoms with Crippen LogP contribution in [0.1, 0.15) is 24.0 Å². The van der Waals surface area contributed by atoms with Gasteiger partial charge in [-0.2, -0.15) is 0 Å². The highest BCUT2D eigenvalue weighted by Crippen LogP contribution is 2.22. The van der Waals surface area contributed by atoms with Crippen molar-refractivity contribution in [1.82, 2.24) is 4.90 Å². The van der Waals surface area contributed by atoms with E-state index >= 15 is 0 Å². The van der Waals surface area contributed by atoms with Crippen LogP contribution in [0.25, 0.3) is 0 Å². The third-order valence-electron chi connectivity index (χ3n) is 4.91. The van der Waals surface area contributed by atoms with E-state index in [9.17, 15) is 0 Å². The lowest BCUT2D eigenvalue weighted by atomic mass is 9.90. The van der Waals surface area contributed by atoms with Gasteiger partial charge in [-0.25, -0.2) is 0 Å². The fourth-order valence-corrected chi connectivity index (χ4v) is 3.33. The van der Waals surface area contributed by atoms with E-state index in [1.165, 1.54) is 43.5 Å². The van der Waals surface area contributed by atoms with E-state index in [4.69, 9.17) is 10.5 Å². The van der Waals surface area contributed by atoms with Crippen LogP contribution in [-0.4, -0.2) is 31.1 Å². The van der Waals surface area contributed by atoms with Crippen LogP contribution in [0.3, 0.4) is 0 Å². The first-order valence-electron chi connectivity index (χ1n) is 8.95. The van der Waals surface area contributed by atoms with Crippen LogP contribution in [0.15, 0.2) is 48.5 Å². The number of likely N-dealkylation sites (tertiary alicyclic amines) is 1. The molecule has 1 aliphatic rings. The van der Waals surface area contributed by atoms with Crippen molar-refractivity contribution in [2.75, 3.05) is 32.0 Å². The van der Waals surface area contributed by atoms with Crippen LogP contribution < -0.4 is 10.5 Å². The molecule has 0 aliphatic carbocycles. The molecule has 0 radical (unpaired) electrons. The number of hydrogen-bond donors (Lipinski definition) is 1. The number of ether oxygens (including phenoxy) is 1. The van der Waals surface area contributed by atoms with Crippen molar-refractivity contribution in [3.05, 3.63) is 59.7 Å². The van der Waals surface area contributed by atoms with Crippen molar-refractivity contribution < 1.29 is 4.74 Å². The molecule has 1 aliphatic heterocycles. The van der Waals surface area contributed by atoms with E-state index in [1.54, 1.807) is 0 Å². The number of benzene rings is 2. The Balaban J connectivity index is 1.36. The van der Waals surface area contributed by atoms with E-state index in [0.717, 1.165) is 30.5 Å². The summed E-state index contributed by atoms with van der Waals surface area (Å²) < 4.78 is 5.80. The lowest BCUT2D eigenvalue weighted by Crippen LogP contribution is -2.37. The quantitative estimate of drug-likeness (QED) is 0.819. The molecule has 0 aromatic heterocycles. The molecule has 0 saturated carbocycles. The second kappa shape index (κ2) is 8.20. The van der Waals surface area contributed by atoms with E-state index in [2.05, 4.69) is 36.1 Å². The molecule has 2 aromatic carbocycles. The maximum absolute atomic E-state index is 5.80. The molecule has 3 nitrogen and oxygen atoms in total. The van der Waals surface area contributed by atoms with Crippen LogP contribution in [-0.2, 0) is 6.42 Å². The van der Waals surface area contributed by atoms with Gasteiger partial charge in [-0.3, -0.25) is 4.90 Å². The van der Waals surface area contributed by atoms with Crippen molar-refractivity contribution in [2.45, 2.75) is 26.2 Å². The molecule has 2 N–H and O–H groups in total. The molecule has 0 atom stereocenters. The zero-order chi connectivity index (χ0) is 16.8. The maximum Gasteiger partial charge on any atom is 0.119 e. The molecule has 128 valence electrons. The number of anilines is 1. The van der Waals surface area contributed by atoms with Crippen molar-refractivity contribution >= 4 is 5.69 Å². The molecular formula is C21H28N2O. The second-order valence-electron chi connectivity index (χ2n) is 6.89.